The van der Waals surface area contributed by atoms with E-state index in [1.807, 2.05) is 6.07 Å². The highest BCUT2D eigenvalue weighted by Crippen LogP contribution is 2.22. The largest absolute Gasteiger partial charge is 0.495 e. The summed E-state index contributed by atoms with van der Waals surface area (Å²) in [7, 11) is 1.67. The molecule has 1 aromatic rings. The number of rotatable bonds is 6. The van der Waals surface area contributed by atoms with Crippen LogP contribution in [0.3, 0.4) is 0 Å². The smallest absolute Gasteiger partial charge is 0.137 e. The van der Waals surface area contributed by atoms with Gasteiger partial charge in [0.1, 0.15) is 11.6 Å². The Hall–Kier alpha value is -1.29. The lowest BCUT2D eigenvalue weighted by Crippen LogP contribution is -2.40. The Morgan fingerprint density at radius 2 is 2.30 bits per heavy atom. The van der Waals surface area contributed by atoms with E-state index in [9.17, 15) is 0 Å². The number of aromatic nitrogens is 1. The van der Waals surface area contributed by atoms with Crippen molar-refractivity contribution in [1.29, 1.82) is 0 Å². The highest BCUT2D eigenvalue weighted by atomic mass is 16.5. The molecule has 0 amide bonds. The molecule has 1 saturated heterocycles. The average molecular weight is 277 g/mol. The van der Waals surface area contributed by atoms with E-state index in [0.29, 0.717) is 0 Å². The van der Waals surface area contributed by atoms with E-state index >= 15 is 0 Å². The molecule has 0 aromatic carbocycles. The standard InChI is InChI=1S/C16H27N3O/c1-13(2)9-17-10-14-5-4-8-19(12-14)16-7-6-15(20-3)11-18-16/h6-7,11,13-14,17H,4-5,8-10,12H2,1-3H3. The first-order valence-electron chi connectivity index (χ1n) is 7.64. The Morgan fingerprint density at radius 1 is 1.45 bits per heavy atom. The van der Waals surface area contributed by atoms with Crippen LogP contribution in [0.15, 0.2) is 18.3 Å². The Balaban J connectivity index is 1.85. The summed E-state index contributed by atoms with van der Waals surface area (Å²) in [6, 6.07) is 4.05. The summed E-state index contributed by atoms with van der Waals surface area (Å²) in [6.07, 6.45) is 4.37. The van der Waals surface area contributed by atoms with Crippen molar-refractivity contribution >= 4 is 5.82 Å². The molecule has 1 aromatic heterocycles. The number of piperidine rings is 1. The molecule has 1 unspecified atom stereocenters. The minimum Gasteiger partial charge on any atom is -0.495 e. The van der Waals surface area contributed by atoms with Gasteiger partial charge in [0, 0.05) is 13.1 Å². The Morgan fingerprint density at radius 3 is 2.95 bits per heavy atom. The molecule has 1 aliphatic heterocycles. The van der Waals surface area contributed by atoms with Crippen LogP contribution in [0.1, 0.15) is 26.7 Å². The van der Waals surface area contributed by atoms with Gasteiger partial charge < -0.3 is 15.0 Å². The zero-order chi connectivity index (χ0) is 14.4. The predicted octanol–water partition coefficient (Wildman–Crippen LogP) is 2.55. The van der Waals surface area contributed by atoms with Gasteiger partial charge in [0.05, 0.1) is 13.3 Å². The molecule has 2 heterocycles. The second-order valence-corrected chi connectivity index (χ2v) is 6.06. The lowest BCUT2D eigenvalue weighted by atomic mass is 9.98. The Kier molecular flexibility index (Phi) is 5.65. The van der Waals surface area contributed by atoms with Crippen LogP contribution in [0, 0.1) is 11.8 Å². The number of hydrogen-bond donors (Lipinski definition) is 1. The summed E-state index contributed by atoms with van der Waals surface area (Å²) >= 11 is 0. The van der Waals surface area contributed by atoms with Crippen molar-refractivity contribution in [2.75, 3.05) is 38.2 Å². The molecule has 0 aliphatic carbocycles. The summed E-state index contributed by atoms with van der Waals surface area (Å²) in [6.45, 7) is 8.94. The fourth-order valence-corrected chi connectivity index (χ4v) is 2.70. The van der Waals surface area contributed by atoms with Crippen molar-refractivity contribution in [3.8, 4) is 5.75 Å². The average Bonchev–Trinajstić information content (AvgIpc) is 2.47. The fraction of sp³-hybridized carbons (Fsp3) is 0.688. The molecule has 112 valence electrons. The summed E-state index contributed by atoms with van der Waals surface area (Å²) in [4.78, 5) is 6.89. The van der Waals surface area contributed by atoms with E-state index < -0.39 is 0 Å². The first kappa shape index (κ1) is 15.1. The van der Waals surface area contributed by atoms with E-state index in [2.05, 4.69) is 35.1 Å². The molecule has 0 radical (unpaired) electrons. The zero-order valence-corrected chi connectivity index (χ0v) is 12.9. The SMILES string of the molecule is COc1ccc(N2CCCC(CNCC(C)C)C2)nc1. The van der Waals surface area contributed by atoms with Crippen molar-refractivity contribution < 1.29 is 4.74 Å². The van der Waals surface area contributed by atoms with Gasteiger partial charge in [-0.05, 0) is 49.9 Å². The molecule has 0 bridgehead atoms. The van der Waals surface area contributed by atoms with E-state index in [1.165, 1.54) is 12.8 Å². The van der Waals surface area contributed by atoms with Gasteiger partial charge in [0.2, 0.25) is 0 Å². The number of methoxy groups -OCH3 is 1. The van der Waals surface area contributed by atoms with Crippen molar-refractivity contribution in [3.05, 3.63) is 18.3 Å². The van der Waals surface area contributed by atoms with Crippen molar-refractivity contribution in [3.63, 3.8) is 0 Å². The quantitative estimate of drug-likeness (QED) is 0.867. The molecule has 1 aliphatic rings. The first-order valence-corrected chi connectivity index (χ1v) is 7.64. The molecule has 4 heteroatoms. The highest BCUT2D eigenvalue weighted by molar-refractivity contribution is 5.41. The van der Waals surface area contributed by atoms with Gasteiger partial charge in [-0.25, -0.2) is 4.98 Å². The summed E-state index contributed by atoms with van der Waals surface area (Å²) in [5.74, 6) is 3.34. The number of nitrogens with zero attached hydrogens (tertiary/aromatic N) is 2. The molecular weight excluding hydrogens is 250 g/mol. The number of ether oxygens (including phenoxy) is 1. The maximum absolute atomic E-state index is 5.16. The van der Waals surface area contributed by atoms with E-state index in [4.69, 9.17) is 4.74 Å². The molecule has 1 N–H and O–H groups in total. The van der Waals surface area contributed by atoms with Crippen LogP contribution in [0.5, 0.6) is 5.75 Å². The van der Waals surface area contributed by atoms with E-state index in [-0.39, 0.29) is 0 Å². The van der Waals surface area contributed by atoms with Gasteiger partial charge in [-0.2, -0.15) is 0 Å². The molecular formula is C16H27N3O. The van der Waals surface area contributed by atoms with Crippen molar-refractivity contribution in [1.82, 2.24) is 10.3 Å². The molecule has 1 atom stereocenters. The van der Waals surface area contributed by atoms with Gasteiger partial charge >= 0.3 is 0 Å². The van der Waals surface area contributed by atoms with Gasteiger partial charge in [0.15, 0.2) is 0 Å². The summed E-state index contributed by atoms with van der Waals surface area (Å²) in [5.41, 5.74) is 0. The second kappa shape index (κ2) is 7.48. The second-order valence-electron chi connectivity index (χ2n) is 6.06. The predicted molar refractivity (Wildman–Crippen MR) is 83.4 cm³/mol. The Labute approximate surface area is 122 Å². The van der Waals surface area contributed by atoms with Crippen LogP contribution < -0.4 is 15.0 Å². The number of pyridine rings is 1. The lowest BCUT2D eigenvalue weighted by molar-refractivity contribution is 0.380. The fourth-order valence-electron chi connectivity index (χ4n) is 2.70. The minimum absolute atomic E-state index is 0.720. The lowest BCUT2D eigenvalue weighted by Gasteiger charge is -2.34. The number of anilines is 1. The number of hydrogen-bond acceptors (Lipinski definition) is 4. The maximum Gasteiger partial charge on any atom is 0.137 e. The van der Waals surface area contributed by atoms with Crippen LogP contribution in [0.25, 0.3) is 0 Å². The molecule has 0 spiro atoms. The van der Waals surface area contributed by atoms with Gasteiger partial charge in [-0.15, -0.1) is 0 Å². The normalized spacial score (nSPS) is 19.4. The summed E-state index contributed by atoms with van der Waals surface area (Å²) < 4.78 is 5.16. The molecule has 0 saturated carbocycles. The Bertz CT molecular complexity index is 391. The molecule has 1 fully saturated rings. The van der Waals surface area contributed by atoms with Crippen LogP contribution in [0.4, 0.5) is 5.82 Å². The molecule has 4 nitrogen and oxygen atoms in total. The van der Waals surface area contributed by atoms with E-state index in [0.717, 1.165) is 49.6 Å². The zero-order valence-electron chi connectivity index (χ0n) is 12.9. The monoisotopic (exact) mass is 277 g/mol. The number of nitrogens with one attached hydrogen (secondary N) is 1. The van der Waals surface area contributed by atoms with Gasteiger partial charge in [-0.1, -0.05) is 13.8 Å². The third kappa shape index (κ3) is 4.37. The highest BCUT2D eigenvalue weighted by Gasteiger charge is 2.20. The van der Waals surface area contributed by atoms with E-state index in [1.54, 1.807) is 13.3 Å². The van der Waals surface area contributed by atoms with Crippen LogP contribution in [-0.4, -0.2) is 38.3 Å². The maximum atomic E-state index is 5.16. The topological polar surface area (TPSA) is 37.4 Å². The minimum atomic E-state index is 0.720. The van der Waals surface area contributed by atoms with Crippen LogP contribution >= 0.6 is 0 Å². The molecule has 2 rings (SSSR count). The van der Waals surface area contributed by atoms with Gasteiger partial charge in [-0.3, -0.25) is 0 Å². The summed E-state index contributed by atoms with van der Waals surface area (Å²) in [5, 5.41) is 3.58. The van der Waals surface area contributed by atoms with Crippen LogP contribution in [0.2, 0.25) is 0 Å². The van der Waals surface area contributed by atoms with Gasteiger partial charge in [0.25, 0.3) is 0 Å². The van der Waals surface area contributed by atoms with Crippen molar-refractivity contribution in [2.24, 2.45) is 11.8 Å². The van der Waals surface area contributed by atoms with Crippen molar-refractivity contribution in [2.45, 2.75) is 26.7 Å². The first-order chi connectivity index (χ1) is 9.69. The third-order valence-electron chi connectivity index (χ3n) is 3.79. The van der Waals surface area contributed by atoms with Crippen LogP contribution in [-0.2, 0) is 0 Å². The molecule has 20 heavy (non-hydrogen) atoms. The third-order valence-corrected chi connectivity index (χ3v) is 3.79.